The minimum Gasteiger partial charge on any atom is -0.280 e. The number of aromatic nitrogens is 2. The Morgan fingerprint density at radius 3 is 2.56 bits per heavy atom. The van der Waals surface area contributed by atoms with Crippen LogP contribution in [0.3, 0.4) is 0 Å². The van der Waals surface area contributed by atoms with E-state index < -0.39 is 0 Å². The Bertz CT molecular complexity index is 422. The maximum Gasteiger partial charge on any atom is 0.232 e. The monoisotopic (exact) mass is 217 g/mol. The zero-order valence-electron chi connectivity index (χ0n) is 9.60. The van der Waals surface area contributed by atoms with Crippen LogP contribution >= 0.6 is 0 Å². The highest BCUT2D eigenvalue weighted by Crippen LogP contribution is 2.22. The third kappa shape index (κ3) is 1.96. The van der Waals surface area contributed by atoms with Crippen molar-refractivity contribution in [1.82, 2.24) is 9.97 Å². The van der Waals surface area contributed by atoms with Crippen LogP contribution in [0.2, 0.25) is 0 Å². The lowest BCUT2D eigenvalue weighted by atomic mass is 10.1. The molecule has 1 saturated heterocycles. The average molecular weight is 217 g/mol. The molecule has 0 spiro atoms. The van der Waals surface area contributed by atoms with E-state index in [4.69, 9.17) is 0 Å². The standard InChI is InChI=1S/C12H15N3O/c1-4-10-6-11(16)15(7-10)12-13-8(2)5-9(3)14-12/h4-5,10H,1,6-7H2,2-3H3. The third-order valence-corrected chi connectivity index (χ3v) is 2.70. The Morgan fingerprint density at radius 2 is 2.06 bits per heavy atom. The average Bonchev–Trinajstić information content (AvgIpc) is 2.58. The van der Waals surface area contributed by atoms with Gasteiger partial charge in [0, 0.05) is 30.3 Å². The molecule has 1 fully saturated rings. The van der Waals surface area contributed by atoms with Crippen molar-refractivity contribution >= 4 is 11.9 Å². The number of hydrogen-bond acceptors (Lipinski definition) is 3. The molecule has 0 radical (unpaired) electrons. The first-order chi connectivity index (χ1) is 7.60. The molecule has 0 N–H and O–H groups in total. The zero-order chi connectivity index (χ0) is 11.7. The largest absolute Gasteiger partial charge is 0.280 e. The molecule has 1 aromatic rings. The Morgan fingerprint density at radius 1 is 1.44 bits per heavy atom. The molecule has 1 unspecified atom stereocenters. The van der Waals surface area contributed by atoms with Crippen molar-refractivity contribution in [3.05, 3.63) is 30.1 Å². The normalized spacial score (nSPS) is 20.2. The van der Waals surface area contributed by atoms with Crippen LogP contribution < -0.4 is 4.90 Å². The molecule has 0 bridgehead atoms. The summed E-state index contributed by atoms with van der Waals surface area (Å²) in [5.74, 6) is 0.818. The highest BCUT2D eigenvalue weighted by Gasteiger charge is 2.30. The summed E-state index contributed by atoms with van der Waals surface area (Å²) in [6, 6.07) is 1.90. The van der Waals surface area contributed by atoms with Gasteiger partial charge in [0.05, 0.1) is 0 Å². The summed E-state index contributed by atoms with van der Waals surface area (Å²) in [5, 5.41) is 0. The van der Waals surface area contributed by atoms with Gasteiger partial charge in [0.2, 0.25) is 11.9 Å². The van der Waals surface area contributed by atoms with E-state index in [1.807, 2.05) is 26.0 Å². The van der Waals surface area contributed by atoms with E-state index in [9.17, 15) is 4.79 Å². The Kier molecular flexibility index (Phi) is 2.73. The molecule has 4 heteroatoms. The lowest BCUT2D eigenvalue weighted by molar-refractivity contribution is -0.117. The van der Waals surface area contributed by atoms with Crippen molar-refractivity contribution in [2.75, 3.05) is 11.4 Å². The summed E-state index contributed by atoms with van der Waals surface area (Å²) < 4.78 is 0. The van der Waals surface area contributed by atoms with Crippen LogP contribution in [0.1, 0.15) is 17.8 Å². The molecule has 0 aromatic carbocycles. The van der Waals surface area contributed by atoms with Crippen molar-refractivity contribution in [2.24, 2.45) is 5.92 Å². The number of amides is 1. The quantitative estimate of drug-likeness (QED) is 0.707. The summed E-state index contributed by atoms with van der Waals surface area (Å²) in [4.78, 5) is 22.0. The topological polar surface area (TPSA) is 46.1 Å². The lowest BCUT2D eigenvalue weighted by Gasteiger charge is -2.14. The Hall–Kier alpha value is -1.71. The second-order valence-electron chi connectivity index (χ2n) is 4.15. The first-order valence-electron chi connectivity index (χ1n) is 5.35. The molecule has 2 heterocycles. The second-order valence-corrected chi connectivity index (χ2v) is 4.15. The van der Waals surface area contributed by atoms with E-state index in [1.54, 1.807) is 4.90 Å². The number of rotatable bonds is 2. The van der Waals surface area contributed by atoms with Gasteiger partial charge in [-0.25, -0.2) is 9.97 Å². The summed E-state index contributed by atoms with van der Waals surface area (Å²) in [6.45, 7) is 8.18. The molecule has 1 aliphatic heterocycles. The molecule has 1 aromatic heterocycles. The minimum absolute atomic E-state index is 0.0786. The molecule has 4 nitrogen and oxygen atoms in total. The maximum absolute atomic E-state index is 11.8. The van der Waals surface area contributed by atoms with Gasteiger partial charge < -0.3 is 0 Å². The number of nitrogens with zero attached hydrogens (tertiary/aromatic N) is 3. The van der Waals surface area contributed by atoms with Gasteiger partial charge in [-0.2, -0.15) is 0 Å². The third-order valence-electron chi connectivity index (χ3n) is 2.70. The molecule has 2 rings (SSSR count). The number of carbonyl (C=O) groups excluding carboxylic acids is 1. The summed E-state index contributed by atoms with van der Waals surface area (Å²) in [6.07, 6.45) is 2.33. The fourth-order valence-electron chi connectivity index (χ4n) is 1.91. The molecule has 16 heavy (non-hydrogen) atoms. The molecule has 1 atom stereocenters. The molecular weight excluding hydrogens is 202 g/mol. The summed E-state index contributed by atoms with van der Waals surface area (Å²) in [5.41, 5.74) is 1.77. The molecule has 0 aliphatic carbocycles. The molecular formula is C12H15N3O. The van der Waals surface area contributed by atoms with E-state index in [0.29, 0.717) is 18.9 Å². The molecule has 1 amide bonds. The van der Waals surface area contributed by atoms with Crippen LogP contribution in [0.25, 0.3) is 0 Å². The smallest absolute Gasteiger partial charge is 0.232 e. The van der Waals surface area contributed by atoms with Crippen LogP contribution in [0, 0.1) is 19.8 Å². The van der Waals surface area contributed by atoms with Crippen molar-refractivity contribution in [2.45, 2.75) is 20.3 Å². The highest BCUT2D eigenvalue weighted by molar-refractivity contribution is 5.94. The molecule has 84 valence electrons. The van der Waals surface area contributed by atoms with E-state index in [1.165, 1.54) is 0 Å². The van der Waals surface area contributed by atoms with Gasteiger partial charge in [0.25, 0.3) is 0 Å². The summed E-state index contributed by atoms with van der Waals surface area (Å²) in [7, 11) is 0. The fraction of sp³-hybridized carbons (Fsp3) is 0.417. The number of hydrogen-bond donors (Lipinski definition) is 0. The van der Waals surface area contributed by atoms with E-state index in [2.05, 4.69) is 16.5 Å². The Labute approximate surface area is 95.0 Å². The second kappa shape index (κ2) is 4.04. The van der Waals surface area contributed by atoms with Gasteiger partial charge in [-0.05, 0) is 19.9 Å². The number of carbonyl (C=O) groups is 1. The SMILES string of the molecule is C=CC1CC(=O)N(c2nc(C)cc(C)n2)C1. The van der Waals surface area contributed by atoms with Gasteiger partial charge in [-0.1, -0.05) is 6.08 Å². The number of aryl methyl sites for hydroxylation is 2. The van der Waals surface area contributed by atoms with Gasteiger partial charge in [0.15, 0.2) is 0 Å². The van der Waals surface area contributed by atoms with Gasteiger partial charge in [0.1, 0.15) is 0 Å². The predicted octanol–water partition coefficient (Wildman–Crippen LogP) is 1.63. The van der Waals surface area contributed by atoms with Crippen LogP contribution in [0.5, 0.6) is 0 Å². The van der Waals surface area contributed by atoms with E-state index in [-0.39, 0.29) is 11.8 Å². The van der Waals surface area contributed by atoms with Crippen molar-refractivity contribution in [1.29, 1.82) is 0 Å². The van der Waals surface area contributed by atoms with Crippen molar-refractivity contribution in [3.63, 3.8) is 0 Å². The highest BCUT2D eigenvalue weighted by atomic mass is 16.2. The number of anilines is 1. The van der Waals surface area contributed by atoms with E-state index in [0.717, 1.165) is 11.4 Å². The van der Waals surface area contributed by atoms with Gasteiger partial charge in [-0.3, -0.25) is 9.69 Å². The van der Waals surface area contributed by atoms with Gasteiger partial charge >= 0.3 is 0 Å². The van der Waals surface area contributed by atoms with Crippen LogP contribution in [-0.4, -0.2) is 22.4 Å². The molecule has 0 saturated carbocycles. The van der Waals surface area contributed by atoms with E-state index >= 15 is 0 Å². The zero-order valence-corrected chi connectivity index (χ0v) is 9.60. The van der Waals surface area contributed by atoms with Crippen molar-refractivity contribution in [3.8, 4) is 0 Å². The summed E-state index contributed by atoms with van der Waals surface area (Å²) >= 11 is 0. The Balaban J connectivity index is 2.30. The first kappa shape index (κ1) is 10.8. The fourth-order valence-corrected chi connectivity index (χ4v) is 1.91. The van der Waals surface area contributed by atoms with Crippen molar-refractivity contribution < 1.29 is 4.79 Å². The molecule has 1 aliphatic rings. The van der Waals surface area contributed by atoms with Gasteiger partial charge in [-0.15, -0.1) is 6.58 Å². The maximum atomic E-state index is 11.8. The van der Waals surface area contributed by atoms with Crippen LogP contribution in [-0.2, 0) is 4.79 Å². The van der Waals surface area contributed by atoms with Crippen LogP contribution in [0.15, 0.2) is 18.7 Å². The predicted molar refractivity (Wildman–Crippen MR) is 62.2 cm³/mol. The van der Waals surface area contributed by atoms with Crippen LogP contribution in [0.4, 0.5) is 5.95 Å². The first-order valence-corrected chi connectivity index (χ1v) is 5.35. The minimum atomic E-state index is 0.0786. The lowest BCUT2D eigenvalue weighted by Crippen LogP contribution is -2.26.